The van der Waals surface area contributed by atoms with Crippen molar-refractivity contribution in [1.82, 2.24) is 0 Å². The molecule has 2 atom stereocenters. The van der Waals surface area contributed by atoms with Gasteiger partial charge in [0, 0.05) is 16.9 Å². The zero-order chi connectivity index (χ0) is 21.3. The van der Waals surface area contributed by atoms with Crippen molar-refractivity contribution in [2.24, 2.45) is 5.92 Å². The molecule has 1 fully saturated rings. The first-order chi connectivity index (χ1) is 14.5. The van der Waals surface area contributed by atoms with E-state index in [1.54, 1.807) is 7.11 Å². The average molecular weight is 403 g/mol. The molecular weight excluding hydrogens is 372 g/mol. The zero-order valence-electron chi connectivity index (χ0n) is 18.1. The summed E-state index contributed by atoms with van der Waals surface area (Å²) in [4.78, 5) is 0. The van der Waals surface area contributed by atoms with Crippen molar-refractivity contribution >= 4 is 5.57 Å². The van der Waals surface area contributed by atoms with E-state index in [0.717, 1.165) is 23.3 Å². The summed E-state index contributed by atoms with van der Waals surface area (Å²) in [7, 11) is 1.69. The molecule has 2 unspecified atom stereocenters. The second-order valence-corrected chi connectivity index (χ2v) is 8.20. The second kappa shape index (κ2) is 8.25. The molecule has 0 radical (unpaired) electrons. The Morgan fingerprint density at radius 2 is 1.87 bits per heavy atom. The Balaban J connectivity index is 1.79. The van der Waals surface area contributed by atoms with E-state index >= 15 is 0 Å². The Hall–Kier alpha value is -2.62. The maximum Gasteiger partial charge on any atom is 0.184 e. The lowest BCUT2D eigenvalue weighted by atomic mass is 9.75. The van der Waals surface area contributed by atoms with E-state index in [9.17, 15) is 0 Å². The van der Waals surface area contributed by atoms with Gasteiger partial charge in [0.1, 0.15) is 5.76 Å². The highest BCUT2D eigenvalue weighted by molar-refractivity contribution is 5.84. The van der Waals surface area contributed by atoms with Crippen molar-refractivity contribution in [2.75, 3.05) is 20.3 Å². The molecule has 0 amide bonds. The summed E-state index contributed by atoms with van der Waals surface area (Å²) in [5.74, 6) is 0.889. The molecule has 0 bridgehead atoms. The number of hydrogen-bond acceptors (Lipinski definition) is 3. The third kappa shape index (κ3) is 3.53. The van der Waals surface area contributed by atoms with E-state index in [4.69, 9.17) is 14.2 Å². The summed E-state index contributed by atoms with van der Waals surface area (Å²) in [5, 5.41) is 0. The normalized spacial score (nSPS) is 23.6. The molecule has 1 aliphatic heterocycles. The lowest BCUT2D eigenvalue weighted by molar-refractivity contribution is -0.00982. The summed E-state index contributed by atoms with van der Waals surface area (Å²) < 4.78 is 17.1. The van der Waals surface area contributed by atoms with Gasteiger partial charge in [0.2, 0.25) is 0 Å². The number of rotatable bonds is 6. The maximum atomic E-state index is 5.82. The molecule has 156 valence electrons. The number of benzene rings is 1. The molecule has 3 heteroatoms. The number of fused-ring (bicyclic) bond motifs is 1. The molecule has 3 aliphatic rings. The van der Waals surface area contributed by atoms with E-state index in [0.29, 0.717) is 13.2 Å². The van der Waals surface area contributed by atoms with E-state index in [1.165, 1.54) is 22.3 Å². The molecule has 1 saturated heterocycles. The smallest absolute Gasteiger partial charge is 0.184 e. The maximum absolute atomic E-state index is 5.82. The minimum Gasteiger partial charge on any atom is -0.497 e. The summed E-state index contributed by atoms with van der Waals surface area (Å²) in [6, 6.07) is 8.83. The predicted molar refractivity (Wildman–Crippen MR) is 122 cm³/mol. The van der Waals surface area contributed by atoms with E-state index < -0.39 is 0 Å². The topological polar surface area (TPSA) is 27.7 Å². The fourth-order valence-corrected chi connectivity index (χ4v) is 4.28. The Labute approximate surface area is 179 Å². The molecule has 4 rings (SSSR count). The molecule has 2 aliphatic carbocycles. The number of ether oxygens (including phenoxy) is 3. The third-order valence-corrected chi connectivity index (χ3v) is 6.60. The molecule has 0 spiro atoms. The van der Waals surface area contributed by atoms with Crippen molar-refractivity contribution in [3.8, 4) is 0 Å². The molecule has 0 aromatic heterocycles. The van der Waals surface area contributed by atoms with Crippen molar-refractivity contribution in [2.45, 2.75) is 32.0 Å². The Kier molecular flexibility index (Phi) is 5.68. The molecule has 1 aromatic rings. The molecule has 1 aromatic carbocycles. The van der Waals surface area contributed by atoms with Crippen molar-refractivity contribution < 1.29 is 14.2 Å². The van der Waals surface area contributed by atoms with Gasteiger partial charge in [0.25, 0.3) is 0 Å². The summed E-state index contributed by atoms with van der Waals surface area (Å²) in [6.45, 7) is 14.1. The van der Waals surface area contributed by atoms with Gasteiger partial charge in [0.15, 0.2) is 6.29 Å². The second-order valence-electron chi connectivity index (χ2n) is 8.20. The molecule has 30 heavy (non-hydrogen) atoms. The van der Waals surface area contributed by atoms with Crippen molar-refractivity contribution in [3.05, 3.63) is 101 Å². The van der Waals surface area contributed by atoms with Crippen LogP contribution in [0.3, 0.4) is 0 Å². The van der Waals surface area contributed by atoms with Crippen LogP contribution in [0.5, 0.6) is 0 Å². The van der Waals surface area contributed by atoms with Crippen LogP contribution >= 0.6 is 0 Å². The molecule has 0 saturated carbocycles. The van der Waals surface area contributed by atoms with Crippen molar-refractivity contribution in [1.29, 1.82) is 0 Å². The van der Waals surface area contributed by atoms with Gasteiger partial charge in [-0.3, -0.25) is 0 Å². The number of methoxy groups -OCH3 is 1. The lowest BCUT2D eigenvalue weighted by Gasteiger charge is -2.32. The minimum atomic E-state index is -0.359. The van der Waals surface area contributed by atoms with Crippen LogP contribution in [0.25, 0.3) is 5.57 Å². The van der Waals surface area contributed by atoms with Gasteiger partial charge in [-0.2, -0.15) is 0 Å². The van der Waals surface area contributed by atoms with Gasteiger partial charge in [-0.05, 0) is 52.5 Å². The highest BCUT2D eigenvalue weighted by Crippen LogP contribution is 2.44. The lowest BCUT2D eigenvalue weighted by Crippen LogP contribution is -2.22. The van der Waals surface area contributed by atoms with E-state index in [1.807, 2.05) is 12.2 Å². The van der Waals surface area contributed by atoms with Gasteiger partial charge in [-0.15, -0.1) is 6.58 Å². The first-order valence-corrected chi connectivity index (χ1v) is 10.6. The summed E-state index contributed by atoms with van der Waals surface area (Å²) in [5.41, 5.74) is 6.83. The van der Waals surface area contributed by atoms with Crippen LogP contribution in [-0.2, 0) is 19.6 Å². The monoisotopic (exact) mass is 402 g/mol. The van der Waals surface area contributed by atoms with Crippen LogP contribution in [0.1, 0.15) is 31.4 Å². The minimum absolute atomic E-state index is 0.0207. The summed E-state index contributed by atoms with van der Waals surface area (Å²) in [6.07, 6.45) is 11.2. The van der Waals surface area contributed by atoms with Gasteiger partial charge < -0.3 is 14.2 Å². The highest BCUT2D eigenvalue weighted by Gasteiger charge is 2.33. The Bertz CT molecular complexity index is 968. The predicted octanol–water partition coefficient (Wildman–Crippen LogP) is 5.88. The Morgan fingerprint density at radius 3 is 2.47 bits per heavy atom. The standard InChI is InChI=1S/C27H30O3/c1-6-27(4,7-2)20-10-8-19(9-11-20)25-17-24(26-29-14-15-30-26)18(3)23-16-21(28-5)12-13-22(23)25/h6,8-13,16-17,23,26H,1,3,7,14-15H2,2,4-5H3. The van der Waals surface area contributed by atoms with E-state index in [2.05, 4.69) is 69.5 Å². The first-order valence-electron chi connectivity index (χ1n) is 10.6. The summed E-state index contributed by atoms with van der Waals surface area (Å²) >= 11 is 0. The fourth-order valence-electron chi connectivity index (χ4n) is 4.28. The SMILES string of the molecule is C=CC(C)(CC)c1ccc(C2=C3C=CC(OC)=CC3C(=C)C(C3OCCO3)=C2)cc1. The van der Waals surface area contributed by atoms with Crippen LogP contribution in [0.15, 0.2) is 90.3 Å². The van der Waals surface area contributed by atoms with Crippen LogP contribution in [0.2, 0.25) is 0 Å². The first kappa shape index (κ1) is 20.6. The van der Waals surface area contributed by atoms with Gasteiger partial charge in [0.05, 0.1) is 20.3 Å². The Morgan fingerprint density at radius 1 is 1.17 bits per heavy atom. The highest BCUT2D eigenvalue weighted by atomic mass is 16.7. The fraction of sp³-hybridized carbons (Fsp3) is 0.333. The van der Waals surface area contributed by atoms with E-state index in [-0.39, 0.29) is 17.6 Å². The quantitative estimate of drug-likeness (QED) is 0.556. The molecule has 0 N–H and O–H groups in total. The van der Waals surface area contributed by atoms with Crippen LogP contribution in [0, 0.1) is 5.92 Å². The third-order valence-electron chi connectivity index (χ3n) is 6.60. The number of hydrogen-bond donors (Lipinski definition) is 0. The zero-order valence-corrected chi connectivity index (χ0v) is 18.1. The molecule has 3 nitrogen and oxygen atoms in total. The molecular formula is C27H30O3. The average Bonchev–Trinajstić information content (AvgIpc) is 3.33. The number of allylic oxidation sites excluding steroid dienone is 7. The van der Waals surface area contributed by atoms with Crippen LogP contribution < -0.4 is 0 Å². The largest absolute Gasteiger partial charge is 0.497 e. The van der Waals surface area contributed by atoms with Crippen LogP contribution in [0.4, 0.5) is 0 Å². The van der Waals surface area contributed by atoms with Gasteiger partial charge in [-0.1, -0.05) is 56.8 Å². The van der Waals surface area contributed by atoms with Crippen molar-refractivity contribution in [3.63, 3.8) is 0 Å². The van der Waals surface area contributed by atoms with Crippen LogP contribution in [-0.4, -0.2) is 26.6 Å². The van der Waals surface area contributed by atoms with Gasteiger partial charge in [-0.25, -0.2) is 0 Å². The van der Waals surface area contributed by atoms with Gasteiger partial charge >= 0.3 is 0 Å². The molecule has 1 heterocycles.